The summed E-state index contributed by atoms with van der Waals surface area (Å²) in [4.78, 5) is 27.9. The molecule has 2 amide bonds. The van der Waals surface area contributed by atoms with Crippen LogP contribution in [0.25, 0.3) is 0 Å². The Balaban J connectivity index is 2.01. The molecule has 202 valence electrons. The van der Waals surface area contributed by atoms with Gasteiger partial charge in [-0.05, 0) is 54.8 Å². The summed E-state index contributed by atoms with van der Waals surface area (Å²) in [7, 11) is -4.33. The van der Waals surface area contributed by atoms with Crippen LogP contribution in [0.2, 0.25) is 5.02 Å². The number of carbonyl (C=O) groups is 2. The second-order valence-electron chi connectivity index (χ2n) is 9.24. The standard InChI is InChI=1S/C28H31ClFN3O4S/c1-20(2)17-31-28(35)21(3)32(18-22-10-9-11-23(29)16-22)27(34)19-33(26-15-8-7-14-25(26)30)38(36,37)24-12-5-4-6-13-24/h4-16,20-21H,17-19H2,1-3H3,(H,31,35)/t21-/m0/s1. The minimum absolute atomic E-state index is 0.00778. The quantitative estimate of drug-likeness (QED) is 0.363. The third-order valence-corrected chi connectivity index (χ3v) is 7.83. The number of anilines is 1. The fourth-order valence-electron chi connectivity index (χ4n) is 3.75. The largest absolute Gasteiger partial charge is 0.354 e. The van der Waals surface area contributed by atoms with Crippen LogP contribution in [0.4, 0.5) is 10.1 Å². The van der Waals surface area contributed by atoms with E-state index in [-0.39, 0.29) is 23.0 Å². The van der Waals surface area contributed by atoms with Gasteiger partial charge in [0.15, 0.2) is 0 Å². The molecule has 0 aliphatic rings. The van der Waals surface area contributed by atoms with Gasteiger partial charge in [0.2, 0.25) is 11.8 Å². The molecule has 1 atom stereocenters. The number of para-hydroxylation sites is 1. The van der Waals surface area contributed by atoms with E-state index in [1.165, 1.54) is 35.2 Å². The summed E-state index contributed by atoms with van der Waals surface area (Å²) in [5, 5.41) is 3.26. The van der Waals surface area contributed by atoms with E-state index in [1.807, 2.05) is 13.8 Å². The summed E-state index contributed by atoms with van der Waals surface area (Å²) in [6.07, 6.45) is 0. The molecule has 0 heterocycles. The van der Waals surface area contributed by atoms with Gasteiger partial charge in [0.05, 0.1) is 10.6 Å². The van der Waals surface area contributed by atoms with Gasteiger partial charge in [-0.3, -0.25) is 13.9 Å². The molecule has 0 radical (unpaired) electrons. The Morgan fingerprint density at radius 3 is 2.24 bits per heavy atom. The second kappa shape index (κ2) is 12.9. The maximum Gasteiger partial charge on any atom is 0.264 e. The van der Waals surface area contributed by atoms with Crippen LogP contribution in [0.1, 0.15) is 26.3 Å². The molecule has 0 aliphatic heterocycles. The molecule has 1 N–H and O–H groups in total. The van der Waals surface area contributed by atoms with Gasteiger partial charge in [-0.15, -0.1) is 0 Å². The molecule has 0 bridgehead atoms. The van der Waals surface area contributed by atoms with Crippen LogP contribution in [-0.2, 0) is 26.2 Å². The van der Waals surface area contributed by atoms with E-state index < -0.39 is 40.2 Å². The van der Waals surface area contributed by atoms with Crippen molar-refractivity contribution in [2.45, 2.75) is 38.3 Å². The van der Waals surface area contributed by atoms with Crippen LogP contribution < -0.4 is 9.62 Å². The summed E-state index contributed by atoms with van der Waals surface area (Å²) in [6, 6.07) is 18.7. The Bertz CT molecular complexity index is 1370. The minimum Gasteiger partial charge on any atom is -0.354 e. The summed E-state index contributed by atoms with van der Waals surface area (Å²) in [5.41, 5.74) is 0.377. The second-order valence-corrected chi connectivity index (χ2v) is 11.5. The molecule has 0 saturated heterocycles. The number of sulfonamides is 1. The number of nitrogens with zero attached hydrogens (tertiary/aromatic N) is 2. The monoisotopic (exact) mass is 559 g/mol. The number of benzene rings is 3. The van der Waals surface area contributed by atoms with Gasteiger partial charge in [0.25, 0.3) is 10.0 Å². The van der Waals surface area contributed by atoms with Crippen molar-refractivity contribution in [1.82, 2.24) is 10.2 Å². The van der Waals surface area contributed by atoms with Gasteiger partial charge in [-0.1, -0.05) is 67.9 Å². The first-order chi connectivity index (χ1) is 18.0. The first-order valence-corrected chi connectivity index (χ1v) is 14.0. The summed E-state index contributed by atoms with van der Waals surface area (Å²) in [6.45, 7) is 5.14. The van der Waals surface area contributed by atoms with Gasteiger partial charge in [0.1, 0.15) is 18.4 Å². The zero-order valence-corrected chi connectivity index (χ0v) is 23.0. The van der Waals surface area contributed by atoms with Crippen molar-refractivity contribution in [3.8, 4) is 0 Å². The highest BCUT2D eigenvalue weighted by Gasteiger charge is 2.33. The van der Waals surface area contributed by atoms with E-state index in [0.29, 0.717) is 17.1 Å². The smallest absolute Gasteiger partial charge is 0.264 e. The topological polar surface area (TPSA) is 86.8 Å². The molecule has 3 aromatic carbocycles. The SMILES string of the molecule is CC(C)CNC(=O)[C@H](C)N(Cc1cccc(Cl)c1)C(=O)CN(c1ccccc1F)S(=O)(=O)c1ccccc1. The van der Waals surface area contributed by atoms with Gasteiger partial charge in [0, 0.05) is 18.1 Å². The Kier molecular flexibility index (Phi) is 9.88. The fraction of sp³-hybridized carbons (Fsp3) is 0.286. The van der Waals surface area contributed by atoms with Crippen LogP contribution in [-0.4, -0.2) is 44.3 Å². The molecule has 0 spiro atoms. The van der Waals surface area contributed by atoms with E-state index in [0.717, 1.165) is 10.4 Å². The van der Waals surface area contributed by atoms with Crippen molar-refractivity contribution in [1.29, 1.82) is 0 Å². The number of rotatable bonds is 11. The Morgan fingerprint density at radius 2 is 1.61 bits per heavy atom. The molecule has 10 heteroatoms. The van der Waals surface area contributed by atoms with Gasteiger partial charge in [-0.2, -0.15) is 0 Å². The van der Waals surface area contributed by atoms with Crippen molar-refractivity contribution in [2.75, 3.05) is 17.4 Å². The minimum atomic E-state index is -4.33. The lowest BCUT2D eigenvalue weighted by Gasteiger charge is -2.32. The number of nitrogens with one attached hydrogen (secondary N) is 1. The highest BCUT2D eigenvalue weighted by atomic mass is 35.5. The average molecular weight is 560 g/mol. The van der Waals surface area contributed by atoms with Crippen molar-refractivity contribution in [3.05, 3.63) is 95.3 Å². The number of hydrogen-bond donors (Lipinski definition) is 1. The van der Waals surface area contributed by atoms with Crippen molar-refractivity contribution >= 4 is 39.1 Å². The highest BCUT2D eigenvalue weighted by Crippen LogP contribution is 2.27. The van der Waals surface area contributed by atoms with Crippen LogP contribution in [0.5, 0.6) is 0 Å². The molecule has 0 saturated carbocycles. The van der Waals surface area contributed by atoms with E-state index >= 15 is 0 Å². The predicted molar refractivity (Wildman–Crippen MR) is 147 cm³/mol. The van der Waals surface area contributed by atoms with Crippen LogP contribution in [0, 0.1) is 11.7 Å². The first kappa shape index (κ1) is 29.1. The number of amides is 2. The molecule has 3 aromatic rings. The highest BCUT2D eigenvalue weighted by molar-refractivity contribution is 7.92. The van der Waals surface area contributed by atoms with Crippen molar-refractivity contribution in [2.24, 2.45) is 5.92 Å². The lowest BCUT2D eigenvalue weighted by atomic mass is 10.1. The van der Waals surface area contributed by atoms with Crippen LogP contribution >= 0.6 is 11.6 Å². The Morgan fingerprint density at radius 1 is 0.947 bits per heavy atom. The predicted octanol–water partition coefficient (Wildman–Crippen LogP) is 4.86. The molecule has 7 nitrogen and oxygen atoms in total. The molecule has 3 rings (SSSR count). The summed E-state index contributed by atoms with van der Waals surface area (Å²) < 4.78 is 42.9. The molecule has 0 fully saturated rings. The van der Waals surface area contributed by atoms with Crippen molar-refractivity contribution in [3.63, 3.8) is 0 Å². The average Bonchev–Trinajstić information content (AvgIpc) is 2.89. The van der Waals surface area contributed by atoms with Crippen LogP contribution in [0.15, 0.2) is 83.8 Å². The van der Waals surface area contributed by atoms with Gasteiger partial charge in [-0.25, -0.2) is 12.8 Å². The lowest BCUT2D eigenvalue weighted by molar-refractivity contribution is -0.139. The maximum absolute atomic E-state index is 14.9. The van der Waals surface area contributed by atoms with Gasteiger partial charge < -0.3 is 10.2 Å². The maximum atomic E-state index is 14.9. The van der Waals surface area contributed by atoms with Crippen LogP contribution in [0.3, 0.4) is 0 Å². The zero-order valence-electron chi connectivity index (χ0n) is 21.5. The van der Waals surface area contributed by atoms with E-state index in [2.05, 4.69) is 5.32 Å². The summed E-state index contributed by atoms with van der Waals surface area (Å²) >= 11 is 6.13. The van der Waals surface area contributed by atoms with E-state index in [9.17, 15) is 22.4 Å². The summed E-state index contributed by atoms with van der Waals surface area (Å²) in [5.74, 6) is -1.68. The Labute approximate surface area is 228 Å². The third-order valence-electron chi connectivity index (χ3n) is 5.83. The molecule has 38 heavy (non-hydrogen) atoms. The first-order valence-electron chi connectivity index (χ1n) is 12.1. The van der Waals surface area contributed by atoms with Gasteiger partial charge >= 0.3 is 0 Å². The molecule has 0 unspecified atom stereocenters. The van der Waals surface area contributed by atoms with Crippen molar-refractivity contribution < 1.29 is 22.4 Å². The number of hydrogen-bond acceptors (Lipinski definition) is 4. The lowest BCUT2D eigenvalue weighted by Crippen LogP contribution is -2.51. The number of carbonyl (C=O) groups excluding carboxylic acids is 2. The molecule has 0 aromatic heterocycles. The number of halogens is 2. The molecular weight excluding hydrogens is 529 g/mol. The van der Waals surface area contributed by atoms with E-state index in [1.54, 1.807) is 49.4 Å². The normalized spacial score (nSPS) is 12.2. The molecule has 0 aliphatic carbocycles. The Hall–Kier alpha value is -3.43. The third kappa shape index (κ3) is 7.33. The fourth-order valence-corrected chi connectivity index (χ4v) is 5.41. The molecular formula is C28H31ClFN3O4S. The van der Waals surface area contributed by atoms with E-state index in [4.69, 9.17) is 11.6 Å². The zero-order chi connectivity index (χ0) is 27.9.